The summed E-state index contributed by atoms with van der Waals surface area (Å²) in [6.45, 7) is -0.457. The Morgan fingerprint density at radius 2 is 1.88 bits per heavy atom. The highest BCUT2D eigenvalue weighted by atomic mass is 19.4. The van der Waals surface area contributed by atoms with E-state index in [1.165, 1.54) is 42.3 Å². The van der Waals surface area contributed by atoms with Gasteiger partial charge in [-0.2, -0.15) is 18.4 Å². The Kier molecular flexibility index (Phi) is 6.05. The van der Waals surface area contributed by atoms with Crippen molar-refractivity contribution in [1.29, 1.82) is 5.26 Å². The molecule has 4 nitrogen and oxygen atoms in total. The number of aliphatic hydroxyl groups excluding tert-OH is 1. The van der Waals surface area contributed by atoms with Gasteiger partial charge >= 0.3 is 6.18 Å². The molecule has 1 atom stereocenters. The maximum Gasteiger partial charge on any atom is 0.419 e. The van der Waals surface area contributed by atoms with Crippen molar-refractivity contribution in [3.8, 4) is 11.8 Å². The lowest BCUT2D eigenvalue weighted by Crippen LogP contribution is -2.33. The molecule has 26 heavy (non-hydrogen) atoms. The SMILES string of the molecule is CN(CC(O)COc1ccccc1C(F)(F)F)c1cccc(F)c1C#N. The lowest BCUT2D eigenvalue weighted by atomic mass is 10.1. The van der Waals surface area contributed by atoms with Gasteiger partial charge in [-0.05, 0) is 24.3 Å². The molecule has 0 saturated carbocycles. The number of alkyl halides is 3. The number of hydrogen-bond donors (Lipinski definition) is 1. The summed E-state index contributed by atoms with van der Waals surface area (Å²) in [5.74, 6) is -1.08. The van der Waals surface area contributed by atoms with E-state index in [-0.39, 0.29) is 23.5 Å². The Balaban J connectivity index is 2.04. The fraction of sp³-hybridized carbons (Fsp3) is 0.278. The van der Waals surface area contributed by atoms with Gasteiger partial charge in [-0.1, -0.05) is 18.2 Å². The molecule has 2 aromatic rings. The molecule has 1 N–H and O–H groups in total. The largest absolute Gasteiger partial charge is 0.490 e. The fourth-order valence-corrected chi connectivity index (χ4v) is 2.42. The van der Waals surface area contributed by atoms with Crippen LogP contribution in [-0.2, 0) is 6.18 Å². The van der Waals surface area contributed by atoms with Crippen LogP contribution in [0.5, 0.6) is 5.75 Å². The minimum atomic E-state index is -4.57. The summed E-state index contributed by atoms with van der Waals surface area (Å²) in [6, 6.07) is 10.5. The molecule has 0 spiro atoms. The average Bonchev–Trinajstić information content (AvgIpc) is 2.59. The zero-order chi connectivity index (χ0) is 19.3. The van der Waals surface area contributed by atoms with E-state index >= 15 is 0 Å². The van der Waals surface area contributed by atoms with E-state index in [1.54, 1.807) is 6.07 Å². The van der Waals surface area contributed by atoms with Gasteiger partial charge in [-0.25, -0.2) is 4.39 Å². The monoisotopic (exact) mass is 368 g/mol. The second-order valence-corrected chi connectivity index (χ2v) is 5.59. The van der Waals surface area contributed by atoms with Crippen LogP contribution < -0.4 is 9.64 Å². The number of nitriles is 1. The number of benzene rings is 2. The van der Waals surface area contributed by atoms with E-state index in [1.807, 2.05) is 0 Å². The molecule has 0 heterocycles. The topological polar surface area (TPSA) is 56.5 Å². The highest BCUT2D eigenvalue weighted by Gasteiger charge is 2.34. The van der Waals surface area contributed by atoms with Gasteiger partial charge < -0.3 is 14.7 Å². The molecule has 0 radical (unpaired) electrons. The number of nitrogens with zero attached hydrogens (tertiary/aromatic N) is 2. The predicted molar refractivity (Wildman–Crippen MR) is 87.3 cm³/mol. The molecule has 0 aliphatic heterocycles. The normalized spacial score (nSPS) is 12.3. The van der Waals surface area contributed by atoms with Crippen LogP contribution in [-0.4, -0.2) is 31.4 Å². The number of halogens is 4. The molecule has 138 valence electrons. The van der Waals surface area contributed by atoms with Gasteiger partial charge in [0.05, 0.1) is 11.3 Å². The van der Waals surface area contributed by atoms with Crippen molar-refractivity contribution in [2.45, 2.75) is 12.3 Å². The molecule has 0 aliphatic rings. The molecule has 8 heteroatoms. The van der Waals surface area contributed by atoms with Crippen LogP contribution in [0.1, 0.15) is 11.1 Å². The summed E-state index contributed by atoms with van der Waals surface area (Å²) in [5.41, 5.74) is -0.842. The molecule has 0 fully saturated rings. The zero-order valence-electron chi connectivity index (χ0n) is 13.8. The Labute approximate surface area is 147 Å². The van der Waals surface area contributed by atoms with Crippen molar-refractivity contribution in [2.75, 3.05) is 25.1 Å². The molecular formula is C18H16F4N2O2. The van der Waals surface area contributed by atoms with Crippen LogP contribution in [0.4, 0.5) is 23.2 Å². The maximum absolute atomic E-state index is 13.6. The zero-order valence-corrected chi connectivity index (χ0v) is 13.8. The van der Waals surface area contributed by atoms with Crippen molar-refractivity contribution < 1.29 is 27.4 Å². The van der Waals surface area contributed by atoms with Crippen molar-refractivity contribution in [1.82, 2.24) is 0 Å². The van der Waals surface area contributed by atoms with Crippen LogP contribution in [0.15, 0.2) is 42.5 Å². The first-order valence-electron chi connectivity index (χ1n) is 7.61. The summed E-state index contributed by atoms with van der Waals surface area (Å²) >= 11 is 0. The third kappa shape index (κ3) is 4.64. The highest BCUT2D eigenvalue weighted by molar-refractivity contribution is 5.59. The second-order valence-electron chi connectivity index (χ2n) is 5.59. The minimum absolute atomic E-state index is 0.0632. The predicted octanol–water partition coefficient (Wildman–Crippen LogP) is 3.59. The smallest absolute Gasteiger partial charge is 0.419 e. The molecule has 0 aromatic heterocycles. The van der Waals surface area contributed by atoms with Crippen molar-refractivity contribution in [2.24, 2.45) is 0 Å². The number of para-hydroxylation sites is 1. The molecule has 0 bridgehead atoms. The Morgan fingerprint density at radius 3 is 2.54 bits per heavy atom. The second kappa shape index (κ2) is 8.06. The molecule has 0 amide bonds. The first-order valence-corrected chi connectivity index (χ1v) is 7.61. The number of aliphatic hydroxyl groups is 1. The van der Waals surface area contributed by atoms with Crippen LogP contribution in [0, 0.1) is 17.1 Å². The van der Waals surface area contributed by atoms with Crippen LogP contribution in [0.25, 0.3) is 0 Å². The fourth-order valence-electron chi connectivity index (χ4n) is 2.42. The summed E-state index contributed by atoms with van der Waals surface area (Å²) in [7, 11) is 1.53. The van der Waals surface area contributed by atoms with Gasteiger partial charge in [-0.3, -0.25) is 0 Å². The van der Waals surface area contributed by atoms with E-state index in [0.717, 1.165) is 12.1 Å². The average molecular weight is 368 g/mol. The van der Waals surface area contributed by atoms with Crippen LogP contribution in [0.3, 0.4) is 0 Å². The molecule has 1 unspecified atom stereocenters. The Morgan fingerprint density at radius 1 is 1.19 bits per heavy atom. The molecule has 2 aromatic carbocycles. The maximum atomic E-state index is 13.6. The lowest BCUT2D eigenvalue weighted by molar-refractivity contribution is -0.139. The van der Waals surface area contributed by atoms with E-state index in [4.69, 9.17) is 10.00 Å². The van der Waals surface area contributed by atoms with Crippen LogP contribution in [0.2, 0.25) is 0 Å². The van der Waals surface area contributed by atoms with E-state index in [9.17, 15) is 22.7 Å². The lowest BCUT2D eigenvalue weighted by Gasteiger charge is -2.24. The Hall–Kier alpha value is -2.79. The molecular weight excluding hydrogens is 352 g/mol. The number of ether oxygens (including phenoxy) is 1. The first-order chi connectivity index (χ1) is 12.2. The summed E-state index contributed by atoms with van der Waals surface area (Å²) in [5, 5.41) is 19.1. The van der Waals surface area contributed by atoms with E-state index in [2.05, 4.69) is 0 Å². The summed E-state index contributed by atoms with van der Waals surface area (Å²) in [6.07, 6.45) is -5.72. The Bertz CT molecular complexity index is 803. The number of likely N-dealkylation sites (N-methyl/N-ethyl adjacent to an activating group) is 1. The van der Waals surface area contributed by atoms with Crippen molar-refractivity contribution in [3.05, 3.63) is 59.4 Å². The summed E-state index contributed by atoms with van der Waals surface area (Å²) < 4.78 is 57.5. The quantitative estimate of drug-likeness (QED) is 0.792. The summed E-state index contributed by atoms with van der Waals surface area (Å²) in [4.78, 5) is 1.44. The van der Waals surface area contributed by atoms with Crippen LogP contribution >= 0.6 is 0 Å². The van der Waals surface area contributed by atoms with Gasteiger partial charge in [0.15, 0.2) is 0 Å². The number of anilines is 1. The van der Waals surface area contributed by atoms with Gasteiger partial charge in [0.25, 0.3) is 0 Å². The van der Waals surface area contributed by atoms with E-state index in [0.29, 0.717) is 0 Å². The molecule has 0 saturated heterocycles. The van der Waals surface area contributed by atoms with Gasteiger partial charge in [0.2, 0.25) is 0 Å². The van der Waals surface area contributed by atoms with Crippen molar-refractivity contribution in [3.63, 3.8) is 0 Å². The third-order valence-corrected chi connectivity index (χ3v) is 3.62. The molecule has 0 aliphatic carbocycles. The number of hydrogen-bond acceptors (Lipinski definition) is 4. The van der Waals surface area contributed by atoms with Gasteiger partial charge in [-0.15, -0.1) is 0 Å². The number of rotatable bonds is 6. The van der Waals surface area contributed by atoms with Gasteiger partial charge in [0, 0.05) is 13.6 Å². The first kappa shape index (κ1) is 19.5. The van der Waals surface area contributed by atoms with Crippen molar-refractivity contribution >= 4 is 5.69 Å². The highest BCUT2D eigenvalue weighted by Crippen LogP contribution is 2.35. The van der Waals surface area contributed by atoms with Gasteiger partial charge in [0.1, 0.15) is 35.9 Å². The minimum Gasteiger partial charge on any atom is -0.490 e. The third-order valence-electron chi connectivity index (χ3n) is 3.62. The molecule has 2 rings (SSSR count). The van der Waals surface area contributed by atoms with E-state index < -0.39 is 30.3 Å². The standard InChI is InChI=1S/C18H16F4N2O2/c1-24(16-7-4-6-15(19)13(16)9-23)10-12(25)11-26-17-8-3-2-5-14(17)18(20,21)22/h2-8,12,25H,10-11H2,1H3.